The van der Waals surface area contributed by atoms with Crippen molar-refractivity contribution in [1.82, 2.24) is 10.3 Å². The molecule has 1 saturated heterocycles. The van der Waals surface area contributed by atoms with Gasteiger partial charge in [-0.2, -0.15) is 0 Å². The van der Waals surface area contributed by atoms with Crippen LogP contribution in [0.3, 0.4) is 0 Å². The highest BCUT2D eigenvalue weighted by Gasteiger charge is 2.24. The Morgan fingerprint density at radius 3 is 2.93 bits per heavy atom. The third-order valence-corrected chi connectivity index (χ3v) is 6.23. The maximum absolute atomic E-state index is 6.02. The maximum atomic E-state index is 6.02. The Balaban J connectivity index is 1.76. The van der Waals surface area contributed by atoms with Crippen LogP contribution in [0.4, 0.5) is 0 Å². The average Bonchev–Trinajstić information content (AvgIpc) is 3.05. The molecule has 28 heavy (non-hydrogen) atoms. The van der Waals surface area contributed by atoms with E-state index in [0.717, 1.165) is 41.5 Å². The first-order valence-corrected chi connectivity index (χ1v) is 10.8. The number of ether oxygens (including phenoxy) is 1. The van der Waals surface area contributed by atoms with Gasteiger partial charge < -0.3 is 15.8 Å². The molecule has 0 bridgehead atoms. The fourth-order valence-electron chi connectivity index (χ4n) is 3.81. The fourth-order valence-corrected chi connectivity index (χ4v) is 4.81. The lowest BCUT2D eigenvalue weighted by Crippen LogP contribution is -2.26. The number of amidine groups is 1. The van der Waals surface area contributed by atoms with Gasteiger partial charge in [0.15, 0.2) is 10.8 Å². The summed E-state index contributed by atoms with van der Waals surface area (Å²) in [6.45, 7) is 6.87. The highest BCUT2D eigenvalue weighted by atomic mass is 32.1. The number of benzene rings is 1. The lowest BCUT2D eigenvalue weighted by molar-refractivity contribution is 0.327. The minimum absolute atomic E-state index is 0.129. The number of nitrogens with two attached hydrogens (primary N) is 1. The lowest BCUT2D eigenvalue weighted by atomic mass is 9.89. The van der Waals surface area contributed by atoms with E-state index in [1.54, 1.807) is 11.3 Å². The third-order valence-electron chi connectivity index (χ3n) is 5.12. The molecule has 0 spiro atoms. The van der Waals surface area contributed by atoms with Crippen molar-refractivity contribution in [2.45, 2.75) is 45.1 Å². The predicted octanol–water partition coefficient (Wildman–Crippen LogP) is 3.35. The first-order chi connectivity index (χ1) is 13.7. The first-order valence-electron chi connectivity index (χ1n) is 9.95. The Morgan fingerprint density at radius 2 is 2.18 bits per heavy atom. The second kappa shape index (κ2) is 8.41. The summed E-state index contributed by atoms with van der Waals surface area (Å²) in [5, 5.41) is 4.26. The number of thiazole rings is 1. The van der Waals surface area contributed by atoms with Crippen LogP contribution in [0.1, 0.15) is 48.1 Å². The van der Waals surface area contributed by atoms with Crippen molar-refractivity contribution in [1.29, 1.82) is 0 Å². The van der Waals surface area contributed by atoms with Crippen LogP contribution in [-0.4, -0.2) is 42.9 Å². The van der Waals surface area contributed by atoms with E-state index in [2.05, 4.69) is 33.5 Å². The Morgan fingerprint density at radius 1 is 1.36 bits per heavy atom. The highest BCUT2D eigenvalue weighted by molar-refractivity contribution is 7.14. The molecule has 0 unspecified atom stereocenters. The average molecular weight is 398 g/mol. The number of nitrogens with zero attached hydrogens (tertiary/aromatic N) is 3. The van der Waals surface area contributed by atoms with Crippen molar-refractivity contribution in [3.05, 3.63) is 33.6 Å². The van der Waals surface area contributed by atoms with Gasteiger partial charge in [-0.15, -0.1) is 11.3 Å². The normalized spacial score (nSPS) is 18.0. The molecule has 1 aromatic heterocycles. The van der Waals surface area contributed by atoms with Gasteiger partial charge in [-0.05, 0) is 63.4 Å². The van der Waals surface area contributed by atoms with Gasteiger partial charge in [-0.1, -0.05) is 6.07 Å². The molecule has 0 aliphatic carbocycles. The summed E-state index contributed by atoms with van der Waals surface area (Å²) < 4.78 is 6.02. The molecule has 1 fully saturated rings. The van der Waals surface area contributed by atoms with Crippen LogP contribution in [0.15, 0.2) is 28.2 Å². The molecule has 0 atom stereocenters. The van der Waals surface area contributed by atoms with E-state index in [0.29, 0.717) is 18.4 Å². The number of nitrogens with one attached hydrogen (secondary N) is 1. The van der Waals surface area contributed by atoms with Crippen LogP contribution in [0.25, 0.3) is 11.3 Å². The van der Waals surface area contributed by atoms with Gasteiger partial charge in [-0.3, -0.25) is 4.99 Å². The van der Waals surface area contributed by atoms with Gasteiger partial charge in [0.2, 0.25) is 0 Å². The standard InChI is InChI=1S/C21H27N5OS/c1-13(2)25-20(24-12-22)21-26-19-16-11-15(14-5-8-23-9-6-14)3-4-17(16)27-10-7-18(19)28-21/h3-4,11-14,23H,5-10H2,1-2H3,(H2,22,24,25). The number of rotatable bonds is 3. The Hall–Kier alpha value is -2.25. The first kappa shape index (κ1) is 19.1. The van der Waals surface area contributed by atoms with Crippen molar-refractivity contribution >= 4 is 23.5 Å². The largest absolute Gasteiger partial charge is 0.493 e. The van der Waals surface area contributed by atoms with Crippen LogP contribution in [0.5, 0.6) is 5.75 Å². The summed E-state index contributed by atoms with van der Waals surface area (Å²) in [7, 11) is 0. The van der Waals surface area contributed by atoms with Crippen molar-refractivity contribution in [3.63, 3.8) is 0 Å². The SMILES string of the molecule is CC(C)N=C(N=CN)c1nc2c(s1)CCOc1ccc(C3CCNCC3)cc1-2. The highest BCUT2D eigenvalue weighted by Crippen LogP contribution is 2.40. The monoisotopic (exact) mass is 397 g/mol. The van der Waals surface area contributed by atoms with Crippen molar-refractivity contribution in [2.24, 2.45) is 15.7 Å². The molecular weight excluding hydrogens is 370 g/mol. The third kappa shape index (κ3) is 3.95. The van der Waals surface area contributed by atoms with Crippen molar-refractivity contribution < 1.29 is 4.74 Å². The summed E-state index contributed by atoms with van der Waals surface area (Å²) >= 11 is 1.64. The minimum Gasteiger partial charge on any atom is -0.493 e. The van der Waals surface area contributed by atoms with Gasteiger partial charge in [0.25, 0.3) is 0 Å². The van der Waals surface area contributed by atoms with Gasteiger partial charge in [0.1, 0.15) is 5.75 Å². The second-order valence-electron chi connectivity index (χ2n) is 7.49. The number of piperidine rings is 1. The zero-order valence-electron chi connectivity index (χ0n) is 16.4. The molecule has 0 amide bonds. The van der Waals surface area contributed by atoms with E-state index in [1.807, 2.05) is 13.8 Å². The summed E-state index contributed by atoms with van der Waals surface area (Å²) in [6.07, 6.45) is 4.47. The zero-order chi connectivity index (χ0) is 19.5. The summed E-state index contributed by atoms with van der Waals surface area (Å²) in [5.41, 5.74) is 9.02. The Labute approximate surface area is 170 Å². The molecule has 6 nitrogen and oxygen atoms in total. The Kier molecular flexibility index (Phi) is 5.73. The molecule has 3 N–H and O–H groups in total. The van der Waals surface area contributed by atoms with E-state index in [1.165, 1.54) is 29.6 Å². The summed E-state index contributed by atoms with van der Waals surface area (Å²) in [6, 6.07) is 6.74. The van der Waals surface area contributed by atoms with Gasteiger partial charge in [-0.25, -0.2) is 9.98 Å². The molecular formula is C21H27N5OS. The van der Waals surface area contributed by atoms with Gasteiger partial charge in [0, 0.05) is 22.9 Å². The molecule has 2 aromatic rings. The fraction of sp³-hybridized carbons (Fsp3) is 0.476. The van der Waals surface area contributed by atoms with Crippen LogP contribution in [-0.2, 0) is 6.42 Å². The second-order valence-corrected chi connectivity index (χ2v) is 8.58. The van der Waals surface area contributed by atoms with Crippen LogP contribution in [0, 0.1) is 0 Å². The van der Waals surface area contributed by atoms with Crippen LogP contribution in [0.2, 0.25) is 0 Å². The summed E-state index contributed by atoms with van der Waals surface area (Å²) in [4.78, 5) is 15.0. The topological polar surface area (TPSA) is 84.9 Å². The van der Waals surface area contributed by atoms with Crippen LogP contribution >= 0.6 is 11.3 Å². The molecule has 0 saturated carbocycles. The predicted molar refractivity (Wildman–Crippen MR) is 116 cm³/mol. The number of aromatic nitrogens is 1. The van der Waals surface area contributed by atoms with E-state index < -0.39 is 0 Å². The summed E-state index contributed by atoms with van der Waals surface area (Å²) in [5.74, 6) is 2.11. The minimum atomic E-state index is 0.129. The molecule has 0 radical (unpaired) electrons. The van der Waals surface area contributed by atoms with E-state index in [4.69, 9.17) is 15.5 Å². The molecule has 3 heterocycles. The molecule has 2 aliphatic rings. The smallest absolute Gasteiger partial charge is 0.185 e. The quantitative estimate of drug-likeness (QED) is 0.614. The van der Waals surface area contributed by atoms with E-state index >= 15 is 0 Å². The van der Waals surface area contributed by atoms with Crippen LogP contribution < -0.4 is 15.8 Å². The van der Waals surface area contributed by atoms with Crippen molar-refractivity contribution in [3.8, 4) is 17.0 Å². The molecule has 148 valence electrons. The van der Waals surface area contributed by atoms with Gasteiger partial charge in [0.05, 0.1) is 18.6 Å². The van der Waals surface area contributed by atoms with Gasteiger partial charge >= 0.3 is 0 Å². The van der Waals surface area contributed by atoms with E-state index in [-0.39, 0.29) is 6.04 Å². The molecule has 2 aliphatic heterocycles. The zero-order valence-corrected chi connectivity index (χ0v) is 17.3. The van der Waals surface area contributed by atoms with E-state index in [9.17, 15) is 0 Å². The number of fused-ring (bicyclic) bond motifs is 3. The molecule has 7 heteroatoms. The number of aliphatic imine (C=N–C) groups is 2. The molecule has 4 rings (SSSR count). The lowest BCUT2D eigenvalue weighted by Gasteiger charge is -2.23. The number of hydrogen-bond donors (Lipinski definition) is 2. The van der Waals surface area contributed by atoms with Crippen molar-refractivity contribution in [2.75, 3.05) is 19.7 Å². The number of hydrogen-bond acceptors (Lipinski definition) is 5. The Bertz CT molecular complexity index is 896. The maximum Gasteiger partial charge on any atom is 0.185 e. The molecule has 1 aromatic carbocycles.